The summed E-state index contributed by atoms with van der Waals surface area (Å²) in [5.74, 6) is 0.000678. The summed E-state index contributed by atoms with van der Waals surface area (Å²) in [4.78, 5) is 10.3. The van der Waals surface area contributed by atoms with Crippen molar-refractivity contribution in [2.45, 2.75) is 26.4 Å². The van der Waals surface area contributed by atoms with Crippen molar-refractivity contribution in [3.05, 3.63) is 125 Å². The van der Waals surface area contributed by atoms with Crippen LogP contribution in [0, 0.1) is 0 Å². The van der Waals surface area contributed by atoms with Crippen LogP contribution in [0.5, 0.6) is 5.88 Å². The van der Waals surface area contributed by atoms with Crippen LogP contribution in [0.2, 0.25) is 0 Å². The van der Waals surface area contributed by atoms with Crippen LogP contribution in [0.15, 0.2) is 108 Å². The molecule has 8 heteroatoms. The highest BCUT2D eigenvalue weighted by molar-refractivity contribution is 7.92. The Bertz CT molecular complexity index is 1750. The van der Waals surface area contributed by atoms with Gasteiger partial charge in [0.2, 0.25) is 10.0 Å². The molecule has 0 radical (unpaired) electrons. The number of aromatic nitrogens is 1. The van der Waals surface area contributed by atoms with Crippen LogP contribution >= 0.6 is 0 Å². The first-order chi connectivity index (χ1) is 19.8. The quantitative estimate of drug-likeness (QED) is 0.153. The summed E-state index contributed by atoms with van der Waals surface area (Å²) >= 11 is 0. The molecule has 7 nitrogen and oxygen atoms in total. The van der Waals surface area contributed by atoms with Gasteiger partial charge in [-0.15, -0.1) is 0 Å². The van der Waals surface area contributed by atoms with E-state index in [0.29, 0.717) is 34.3 Å². The summed E-state index contributed by atoms with van der Waals surface area (Å²) in [7, 11) is -1.37. The summed E-state index contributed by atoms with van der Waals surface area (Å²) in [5, 5.41) is 11.7. The zero-order chi connectivity index (χ0) is 28.8. The zero-order valence-corrected chi connectivity index (χ0v) is 24.0. The fourth-order valence-corrected chi connectivity index (χ4v) is 6.03. The first-order valence-electron chi connectivity index (χ1n) is 13.6. The Morgan fingerprint density at radius 2 is 1.51 bits per heavy atom. The minimum Gasteiger partial charge on any atom is -0.494 e. The van der Waals surface area contributed by atoms with Crippen molar-refractivity contribution in [3.63, 3.8) is 0 Å². The molecule has 1 aromatic heterocycles. The molecule has 0 atom stereocenters. The van der Waals surface area contributed by atoms with E-state index in [0.717, 1.165) is 24.3 Å². The fraction of sp³-hybridized carbons (Fsp3) is 0.182. The second-order valence-electron chi connectivity index (χ2n) is 10.2. The number of hydrogen-bond acceptors (Lipinski definition) is 5. The predicted octanol–water partition coefficient (Wildman–Crippen LogP) is 6.83. The zero-order valence-electron chi connectivity index (χ0n) is 23.2. The van der Waals surface area contributed by atoms with Gasteiger partial charge in [0.15, 0.2) is 5.88 Å². The van der Waals surface area contributed by atoms with E-state index in [1.165, 1.54) is 11.1 Å². The van der Waals surface area contributed by atoms with Crippen LogP contribution in [-0.2, 0) is 23.1 Å². The molecule has 0 fully saturated rings. The standard InChI is InChI=1S/C33H34N4O3S/c1-3-20-41(39,40)36-28-18-19-30-29(21-28)31(33(38)35-30)32(26-12-8-5-9-13-26)34-27-16-14-25(15-17-27)23-37(2)22-24-10-6-4-7-11-24/h4-19,21,35-36,38H,3,20,22-23H2,1-2H3. The van der Waals surface area contributed by atoms with Crippen LogP contribution in [0.4, 0.5) is 11.4 Å². The van der Waals surface area contributed by atoms with Crippen molar-refractivity contribution in [3.8, 4) is 5.88 Å². The number of aliphatic imine (C=N–C) groups is 1. The summed E-state index contributed by atoms with van der Waals surface area (Å²) in [6.07, 6.45) is 0.515. The third-order valence-corrected chi connectivity index (χ3v) is 8.23. The molecule has 4 aromatic carbocycles. The van der Waals surface area contributed by atoms with E-state index in [1.807, 2.05) is 55.5 Å². The molecular weight excluding hydrogens is 532 g/mol. The smallest absolute Gasteiger partial charge is 0.232 e. The number of anilines is 1. The van der Waals surface area contributed by atoms with Crippen LogP contribution < -0.4 is 4.72 Å². The maximum absolute atomic E-state index is 12.4. The number of sulfonamides is 1. The largest absolute Gasteiger partial charge is 0.494 e. The third-order valence-electron chi connectivity index (χ3n) is 6.73. The number of H-pyrrole nitrogens is 1. The van der Waals surface area contributed by atoms with Crippen LogP contribution in [-0.4, -0.2) is 41.9 Å². The lowest BCUT2D eigenvalue weighted by Crippen LogP contribution is -2.17. The Morgan fingerprint density at radius 1 is 0.878 bits per heavy atom. The molecule has 41 heavy (non-hydrogen) atoms. The predicted molar refractivity (Wildman–Crippen MR) is 167 cm³/mol. The molecule has 3 N–H and O–H groups in total. The Morgan fingerprint density at radius 3 is 2.17 bits per heavy atom. The first kappa shape index (κ1) is 28.1. The summed E-state index contributed by atoms with van der Waals surface area (Å²) < 4.78 is 27.5. The molecule has 5 rings (SSSR count). The molecule has 0 unspecified atom stereocenters. The maximum Gasteiger partial charge on any atom is 0.232 e. The van der Waals surface area contributed by atoms with E-state index in [2.05, 4.69) is 58.1 Å². The fourth-order valence-electron chi connectivity index (χ4n) is 4.91. The molecule has 0 saturated carbocycles. The van der Waals surface area contributed by atoms with Crippen molar-refractivity contribution in [2.75, 3.05) is 17.5 Å². The first-order valence-corrected chi connectivity index (χ1v) is 15.3. The van der Waals surface area contributed by atoms with E-state index in [-0.39, 0.29) is 11.6 Å². The van der Waals surface area contributed by atoms with Gasteiger partial charge in [-0.05, 0) is 54.9 Å². The van der Waals surface area contributed by atoms with Gasteiger partial charge in [0.1, 0.15) is 0 Å². The van der Waals surface area contributed by atoms with Gasteiger partial charge in [-0.1, -0.05) is 79.7 Å². The molecule has 1 heterocycles. The number of nitrogens with one attached hydrogen (secondary N) is 2. The number of aromatic hydroxyl groups is 1. The summed E-state index contributed by atoms with van der Waals surface area (Å²) in [6.45, 7) is 3.47. The molecule has 0 aliphatic heterocycles. The number of aromatic amines is 1. The Hall–Kier alpha value is -4.40. The maximum atomic E-state index is 12.4. The van der Waals surface area contributed by atoms with Crippen molar-refractivity contribution >= 4 is 38.0 Å². The number of benzene rings is 4. The van der Waals surface area contributed by atoms with Gasteiger partial charge in [-0.25, -0.2) is 13.4 Å². The van der Waals surface area contributed by atoms with Gasteiger partial charge in [-0.3, -0.25) is 9.62 Å². The lowest BCUT2D eigenvalue weighted by molar-refractivity contribution is 0.319. The summed E-state index contributed by atoms with van der Waals surface area (Å²) in [5.41, 5.74) is 6.20. The van der Waals surface area contributed by atoms with Crippen LogP contribution in [0.25, 0.3) is 10.9 Å². The Balaban J connectivity index is 1.48. The summed E-state index contributed by atoms with van der Waals surface area (Å²) in [6, 6.07) is 33.3. The molecule has 0 spiro atoms. The Labute approximate surface area is 241 Å². The van der Waals surface area contributed by atoms with Crippen molar-refractivity contribution < 1.29 is 13.5 Å². The highest BCUT2D eigenvalue weighted by Gasteiger charge is 2.20. The minimum absolute atomic E-state index is 0.0321. The van der Waals surface area contributed by atoms with Crippen LogP contribution in [0.1, 0.15) is 35.6 Å². The average Bonchev–Trinajstić information content (AvgIpc) is 3.28. The molecule has 0 aliphatic rings. The van der Waals surface area contributed by atoms with Gasteiger partial charge < -0.3 is 10.1 Å². The van der Waals surface area contributed by atoms with E-state index >= 15 is 0 Å². The van der Waals surface area contributed by atoms with E-state index in [4.69, 9.17) is 4.99 Å². The molecule has 5 aromatic rings. The molecule has 0 saturated heterocycles. The average molecular weight is 567 g/mol. The lowest BCUT2D eigenvalue weighted by atomic mass is 10.0. The molecule has 210 valence electrons. The number of rotatable bonds is 11. The number of hydrogen-bond donors (Lipinski definition) is 3. The van der Waals surface area contributed by atoms with E-state index in [9.17, 15) is 13.5 Å². The molecule has 0 amide bonds. The van der Waals surface area contributed by atoms with Crippen molar-refractivity contribution in [2.24, 2.45) is 4.99 Å². The van der Waals surface area contributed by atoms with Gasteiger partial charge in [-0.2, -0.15) is 0 Å². The monoisotopic (exact) mass is 566 g/mol. The second kappa shape index (κ2) is 12.4. The van der Waals surface area contributed by atoms with Gasteiger partial charge in [0.25, 0.3) is 0 Å². The van der Waals surface area contributed by atoms with Gasteiger partial charge >= 0.3 is 0 Å². The van der Waals surface area contributed by atoms with Gasteiger partial charge in [0.05, 0.1) is 22.7 Å². The topological polar surface area (TPSA) is 97.8 Å². The SMILES string of the molecule is CCCS(=O)(=O)Nc1ccc2[nH]c(O)c(C(=Nc3ccc(CN(C)Cc4ccccc4)cc3)c3ccccc3)c2c1. The van der Waals surface area contributed by atoms with Crippen molar-refractivity contribution in [1.29, 1.82) is 0 Å². The highest BCUT2D eigenvalue weighted by atomic mass is 32.2. The van der Waals surface area contributed by atoms with E-state index in [1.54, 1.807) is 18.2 Å². The minimum atomic E-state index is -3.47. The number of fused-ring (bicyclic) bond motifs is 1. The second-order valence-corrected chi connectivity index (χ2v) is 12.0. The molecule has 0 bridgehead atoms. The molecule has 0 aliphatic carbocycles. The Kier molecular flexibility index (Phi) is 8.52. The van der Waals surface area contributed by atoms with Crippen molar-refractivity contribution in [1.82, 2.24) is 9.88 Å². The molecular formula is C33H34N4O3S. The third kappa shape index (κ3) is 7.03. The van der Waals surface area contributed by atoms with Crippen LogP contribution in [0.3, 0.4) is 0 Å². The normalized spacial score (nSPS) is 12.2. The highest BCUT2D eigenvalue weighted by Crippen LogP contribution is 2.33. The lowest BCUT2D eigenvalue weighted by Gasteiger charge is -2.17. The van der Waals surface area contributed by atoms with Gasteiger partial charge in [0, 0.05) is 35.2 Å². The van der Waals surface area contributed by atoms with E-state index < -0.39 is 10.0 Å². The number of nitrogens with zero attached hydrogens (tertiary/aromatic N) is 2.